The normalized spacial score (nSPS) is 35.5. The van der Waals surface area contributed by atoms with Crippen LogP contribution in [0.5, 0.6) is 0 Å². The second-order valence-corrected chi connectivity index (χ2v) is 5.01. The van der Waals surface area contributed by atoms with Crippen molar-refractivity contribution in [3.05, 3.63) is 24.8 Å². The lowest BCUT2D eigenvalue weighted by molar-refractivity contribution is -0.165. The molecule has 1 saturated carbocycles. The van der Waals surface area contributed by atoms with Crippen LogP contribution in [0, 0.1) is 10.8 Å². The summed E-state index contributed by atoms with van der Waals surface area (Å²) in [7, 11) is 1.35. The molecule has 3 nitrogen and oxygen atoms in total. The molecule has 0 heterocycles. The minimum Gasteiger partial charge on any atom is -0.468 e. The van der Waals surface area contributed by atoms with Crippen LogP contribution < -0.4 is 0 Å². The van der Waals surface area contributed by atoms with Crippen LogP contribution in [0.2, 0.25) is 0 Å². The van der Waals surface area contributed by atoms with Gasteiger partial charge in [0.15, 0.2) is 5.78 Å². The summed E-state index contributed by atoms with van der Waals surface area (Å²) in [5.74, 6) is -0.342. The third-order valence-corrected chi connectivity index (χ3v) is 4.10. The standard InChI is InChI=1S/C14H18O3/c1-3-6-13-7-4-9-14(11(13)15,10-5-8-13)12(16)17-2/h3-4,7H,1,5-6,8-10H2,2H3/t13-,14-/m0/s1. The van der Waals surface area contributed by atoms with E-state index >= 15 is 0 Å². The summed E-state index contributed by atoms with van der Waals surface area (Å²) < 4.78 is 4.84. The topological polar surface area (TPSA) is 43.4 Å². The first-order valence-corrected chi connectivity index (χ1v) is 6.03. The van der Waals surface area contributed by atoms with Crippen LogP contribution in [0.1, 0.15) is 32.1 Å². The number of carbonyl (C=O) groups excluding carboxylic acids is 2. The molecule has 0 aliphatic heterocycles. The minimum absolute atomic E-state index is 0.0329. The number of carbonyl (C=O) groups is 2. The molecule has 0 unspecified atom stereocenters. The summed E-state index contributed by atoms with van der Waals surface area (Å²) in [6, 6.07) is 0. The molecule has 2 rings (SSSR count). The Bertz CT molecular complexity index is 396. The van der Waals surface area contributed by atoms with Crippen molar-refractivity contribution in [1.82, 2.24) is 0 Å². The van der Waals surface area contributed by atoms with Gasteiger partial charge in [-0.3, -0.25) is 9.59 Å². The van der Waals surface area contributed by atoms with Crippen molar-refractivity contribution >= 4 is 11.8 Å². The Hall–Kier alpha value is -1.38. The van der Waals surface area contributed by atoms with Gasteiger partial charge in [-0.25, -0.2) is 0 Å². The van der Waals surface area contributed by atoms with Crippen molar-refractivity contribution in [3.63, 3.8) is 0 Å². The van der Waals surface area contributed by atoms with Gasteiger partial charge >= 0.3 is 5.97 Å². The number of ether oxygens (including phenoxy) is 1. The molecule has 3 heteroatoms. The molecule has 0 spiro atoms. The highest BCUT2D eigenvalue weighted by Crippen LogP contribution is 2.51. The number of fused-ring (bicyclic) bond motifs is 2. The quantitative estimate of drug-likeness (QED) is 0.428. The summed E-state index contributed by atoms with van der Waals surface area (Å²) in [6.07, 6.45) is 9.10. The van der Waals surface area contributed by atoms with E-state index in [1.165, 1.54) is 7.11 Å². The molecule has 1 fully saturated rings. The van der Waals surface area contributed by atoms with Crippen LogP contribution in [0.15, 0.2) is 24.8 Å². The number of Topliss-reactive ketones (excluding diaryl/α,β-unsaturated/α-hetero) is 1. The molecule has 0 radical (unpaired) electrons. The first-order valence-electron chi connectivity index (χ1n) is 6.03. The molecule has 2 aliphatic carbocycles. The zero-order chi connectivity index (χ0) is 12.5. The van der Waals surface area contributed by atoms with Gasteiger partial charge in [-0.15, -0.1) is 6.58 Å². The summed E-state index contributed by atoms with van der Waals surface area (Å²) in [5.41, 5.74) is -1.43. The second-order valence-electron chi connectivity index (χ2n) is 5.01. The van der Waals surface area contributed by atoms with Crippen LogP contribution in [0.25, 0.3) is 0 Å². The second kappa shape index (κ2) is 4.13. The van der Waals surface area contributed by atoms with E-state index in [0.717, 1.165) is 12.8 Å². The summed E-state index contributed by atoms with van der Waals surface area (Å²) in [6.45, 7) is 3.72. The van der Waals surface area contributed by atoms with Gasteiger partial charge in [-0.05, 0) is 25.7 Å². The van der Waals surface area contributed by atoms with Crippen LogP contribution in [-0.2, 0) is 14.3 Å². The number of hydrogen-bond donors (Lipinski definition) is 0. The molecule has 0 aromatic carbocycles. The van der Waals surface area contributed by atoms with Crippen LogP contribution in [0.3, 0.4) is 0 Å². The Labute approximate surface area is 102 Å². The third kappa shape index (κ3) is 1.56. The molecular weight excluding hydrogens is 216 g/mol. The van der Waals surface area contributed by atoms with Gasteiger partial charge in [0.1, 0.15) is 5.41 Å². The predicted molar refractivity (Wildman–Crippen MR) is 64.3 cm³/mol. The van der Waals surface area contributed by atoms with Gasteiger partial charge in [-0.1, -0.05) is 24.6 Å². The fourth-order valence-corrected chi connectivity index (χ4v) is 3.24. The monoisotopic (exact) mass is 234 g/mol. The Morgan fingerprint density at radius 2 is 2.35 bits per heavy atom. The minimum atomic E-state index is -0.926. The summed E-state index contributed by atoms with van der Waals surface area (Å²) in [4.78, 5) is 24.6. The zero-order valence-electron chi connectivity index (χ0n) is 10.2. The number of methoxy groups -OCH3 is 1. The maximum atomic E-state index is 12.6. The highest BCUT2D eigenvalue weighted by atomic mass is 16.5. The Morgan fingerprint density at radius 1 is 1.59 bits per heavy atom. The lowest BCUT2D eigenvalue weighted by Gasteiger charge is -2.45. The van der Waals surface area contributed by atoms with Crippen LogP contribution >= 0.6 is 0 Å². The Morgan fingerprint density at radius 3 is 3.00 bits per heavy atom. The zero-order valence-corrected chi connectivity index (χ0v) is 10.2. The molecule has 0 aromatic heterocycles. The number of allylic oxidation sites excluding steroid dienone is 3. The fourth-order valence-electron chi connectivity index (χ4n) is 3.24. The van der Waals surface area contributed by atoms with E-state index in [9.17, 15) is 9.59 Å². The smallest absolute Gasteiger partial charge is 0.319 e. The number of ketones is 1. The van der Waals surface area contributed by atoms with E-state index in [4.69, 9.17) is 4.74 Å². The van der Waals surface area contributed by atoms with E-state index < -0.39 is 10.8 Å². The molecule has 0 amide bonds. The maximum absolute atomic E-state index is 12.6. The molecule has 0 aromatic rings. The highest BCUT2D eigenvalue weighted by molar-refractivity contribution is 6.08. The molecule has 92 valence electrons. The molecule has 2 aliphatic rings. The first kappa shape index (κ1) is 12.1. The van der Waals surface area contributed by atoms with Gasteiger partial charge in [0.05, 0.1) is 12.5 Å². The average molecular weight is 234 g/mol. The van der Waals surface area contributed by atoms with E-state index in [2.05, 4.69) is 6.58 Å². The Balaban J connectivity index is 2.44. The van der Waals surface area contributed by atoms with Crippen molar-refractivity contribution in [2.45, 2.75) is 32.1 Å². The number of hydrogen-bond acceptors (Lipinski definition) is 3. The SMILES string of the molecule is C=CC[C@]12C=CC[C@](C(=O)OC)(CCC1)C2=O. The first-order chi connectivity index (χ1) is 8.11. The van der Waals surface area contributed by atoms with Crippen molar-refractivity contribution < 1.29 is 14.3 Å². The lowest BCUT2D eigenvalue weighted by atomic mass is 9.55. The van der Waals surface area contributed by atoms with E-state index in [1.807, 2.05) is 12.2 Å². The molecule has 2 bridgehead atoms. The Kier molecular flexibility index (Phi) is 2.94. The van der Waals surface area contributed by atoms with Gasteiger partial charge in [-0.2, -0.15) is 0 Å². The van der Waals surface area contributed by atoms with Crippen LogP contribution in [-0.4, -0.2) is 18.9 Å². The van der Waals surface area contributed by atoms with Gasteiger partial charge in [0.25, 0.3) is 0 Å². The number of esters is 1. The molecule has 2 atom stereocenters. The average Bonchev–Trinajstić information content (AvgIpc) is 2.30. The van der Waals surface area contributed by atoms with Crippen LogP contribution in [0.4, 0.5) is 0 Å². The van der Waals surface area contributed by atoms with Crippen molar-refractivity contribution in [3.8, 4) is 0 Å². The molecule has 0 N–H and O–H groups in total. The maximum Gasteiger partial charge on any atom is 0.319 e. The highest BCUT2D eigenvalue weighted by Gasteiger charge is 2.57. The lowest BCUT2D eigenvalue weighted by Crippen LogP contribution is -2.53. The predicted octanol–water partition coefficient (Wildman–Crippen LogP) is 2.42. The van der Waals surface area contributed by atoms with E-state index in [1.54, 1.807) is 6.08 Å². The molecular formula is C14H18O3. The van der Waals surface area contributed by atoms with Gasteiger partial charge < -0.3 is 4.74 Å². The van der Waals surface area contributed by atoms with Gasteiger partial charge in [0.2, 0.25) is 0 Å². The number of rotatable bonds is 3. The summed E-state index contributed by atoms with van der Waals surface area (Å²) in [5, 5.41) is 0. The molecule has 0 saturated heterocycles. The summed E-state index contributed by atoms with van der Waals surface area (Å²) >= 11 is 0. The van der Waals surface area contributed by atoms with E-state index in [0.29, 0.717) is 19.3 Å². The van der Waals surface area contributed by atoms with Crippen molar-refractivity contribution in [2.24, 2.45) is 10.8 Å². The largest absolute Gasteiger partial charge is 0.468 e. The fraction of sp³-hybridized carbons (Fsp3) is 0.571. The van der Waals surface area contributed by atoms with Gasteiger partial charge in [0, 0.05) is 0 Å². The van der Waals surface area contributed by atoms with Crippen molar-refractivity contribution in [1.29, 1.82) is 0 Å². The molecule has 17 heavy (non-hydrogen) atoms. The third-order valence-electron chi connectivity index (χ3n) is 4.10. The van der Waals surface area contributed by atoms with E-state index in [-0.39, 0.29) is 11.8 Å². The van der Waals surface area contributed by atoms with Crippen molar-refractivity contribution in [2.75, 3.05) is 7.11 Å².